The Morgan fingerprint density at radius 2 is 1.00 bits per heavy atom. The van der Waals surface area contributed by atoms with Crippen molar-refractivity contribution in [3.8, 4) is 0 Å². The van der Waals surface area contributed by atoms with Crippen molar-refractivity contribution in [3.63, 3.8) is 0 Å². The van der Waals surface area contributed by atoms with Crippen LogP contribution in [0.1, 0.15) is 174 Å². The summed E-state index contributed by atoms with van der Waals surface area (Å²) in [7, 11) is 0. The van der Waals surface area contributed by atoms with Gasteiger partial charge in [-0.15, -0.1) is 0 Å². The van der Waals surface area contributed by atoms with Gasteiger partial charge in [-0.25, -0.2) is 0 Å². The number of rotatable bonds is 18. The summed E-state index contributed by atoms with van der Waals surface area (Å²) in [4.78, 5) is 13.5. The molecule has 248 valence electrons. The molecule has 3 heterocycles. The first-order valence-corrected chi connectivity index (χ1v) is 18.8. The molecule has 43 heavy (non-hydrogen) atoms. The Labute approximate surface area is 262 Å². The van der Waals surface area contributed by atoms with Crippen LogP contribution < -0.4 is 5.32 Å². The van der Waals surface area contributed by atoms with Crippen LogP contribution in [0.25, 0.3) is 0 Å². The average Bonchev–Trinajstić information content (AvgIpc) is 3.56. The molecule has 0 aromatic rings. The number of hydrogen-bond donors (Lipinski definition) is 1. The van der Waals surface area contributed by atoms with E-state index < -0.39 is 30.1 Å². The number of carbonyl (C=O) groups is 1. The van der Waals surface area contributed by atoms with Crippen molar-refractivity contribution in [2.24, 2.45) is 0 Å². The Hall–Kier alpha value is -0.730. The van der Waals surface area contributed by atoms with Crippen LogP contribution in [-0.4, -0.2) is 54.7 Å². The topological polar surface area (TPSA) is 75.3 Å². The fourth-order valence-corrected chi connectivity index (χ4v) is 8.15. The average molecular weight is 606 g/mol. The second-order valence-electron chi connectivity index (χ2n) is 14.3. The minimum atomic E-state index is -0.726. The minimum Gasteiger partial charge on any atom is -0.354 e. The van der Waals surface area contributed by atoms with Crippen molar-refractivity contribution in [2.75, 3.05) is 6.54 Å². The summed E-state index contributed by atoms with van der Waals surface area (Å²) < 4.78 is 32.7. The van der Waals surface area contributed by atoms with Gasteiger partial charge in [0.15, 0.2) is 24.0 Å². The van der Waals surface area contributed by atoms with E-state index in [2.05, 4.69) is 12.2 Å². The van der Waals surface area contributed by atoms with Crippen molar-refractivity contribution in [1.82, 2.24) is 5.32 Å². The minimum absolute atomic E-state index is 0.0981. The SMILES string of the molecule is CCCCCCCCCCCCCCCCCCNC(=O)C1OC2OC3(CCCCC3)OC2C2OC3(CCCCC3)OC12. The normalized spacial score (nSPS) is 30.9. The van der Waals surface area contributed by atoms with E-state index in [1.807, 2.05) is 0 Å². The molecular weight excluding hydrogens is 542 g/mol. The molecule has 5 aliphatic rings. The fraction of sp³-hybridized carbons (Fsp3) is 0.972. The molecule has 0 aromatic carbocycles. The summed E-state index contributed by atoms with van der Waals surface area (Å²) in [5.74, 6) is -1.30. The third kappa shape index (κ3) is 9.40. The molecule has 5 unspecified atom stereocenters. The summed E-state index contributed by atoms with van der Waals surface area (Å²) >= 11 is 0. The van der Waals surface area contributed by atoms with Crippen LogP contribution in [-0.2, 0) is 28.5 Å². The molecule has 7 nitrogen and oxygen atoms in total. The van der Waals surface area contributed by atoms with E-state index in [1.165, 1.54) is 103 Å². The van der Waals surface area contributed by atoms with E-state index in [4.69, 9.17) is 23.7 Å². The van der Waals surface area contributed by atoms with E-state index in [9.17, 15) is 4.79 Å². The molecule has 1 N–H and O–H groups in total. The van der Waals surface area contributed by atoms with Crippen LogP contribution in [0.4, 0.5) is 0 Å². The molecule has 2 spiro atoms. The molecule has 7 heteroatoms. The van der Waals surface area contributed by atoms with E-state index in [1.54, 1.807) is 0 Å². The first kappa shape index (κ1) is 33.6. The lowest BCUT2D eigenvalue weighted by molar-refractivity contribution is -0.247. The maximum Gasteiger partial charge on any atom is 0.252 e. The van der Waals surface area contributed by atoms with Crippen molar-refractivity contribution >= 4 is 5.91 Å². The van der Waals surface area contributed by atoms with Gasteiger partial charge in [-0.1, -0.05) is 116 Å². The van der Waals surface area contributed by atoms with Gasteiger partial charge in [0, 0.05) is 32.2 Å². The molecule has 5 fully saturated rings. The van der Waals surface area contributed by atoms with Crippen molar-refractivity contribution in [3.05, 3.63) is 0 Å². The molecule has 5 atom stereocenters. The quantitative estimate of drug-likeness (QED) is 0.158. The molecule has 0 radical (unpaired) electrons. The Balaban J connectivity index is 0.965. The number of ether oxygens (including phenoxy) is 5. The first-order chi connectivity index (χ1) is 21.1. The van der Waals surface area contributed by atoms with Crippen molar-refractivity contribution in [2.45, 2.75) is 216 Å². The summed E-state index contributed by atoms with van der Waals surface area (Å²) in [5, 5.41) is 3.16. The van der Waals surface area contributed by atoms with Gasteiger partial charge in [0.25, 0.3) is 5.91 Å². The molecule has 0 aromatic heterocycles. The van der Waals surface area contributed by atoms with Gasteiger partial charge in [0.1, 0.15) is 18.3 Å². The number of fused-ring (bicyclic) bond motifs is 3. The standard InChI is InChI=1S/C36H63NO6/c1-2-3-4-5-6-7-8-9-10-11-12-13-14-15-16-23-28-37-33(38)31-29-30(41-35(40-29)24-19-17-20-25-35)32-34(39-31)43-36(42-32)26-21-18-22-27-36/h29-32,34H,2-28H2,1H3,(H,37,38). The summed E-state index contributed by atoms with van der Waals surface area (Å²) in [6, 6.07) is 0. The van der Waals surface area contributed by atoms with Crippen LogP contribution >= 0.6 is 0 Å². The van der Waals surface area contributed by atoms with E-state index >= 15 is 0 Å². The number of unbranched alkanes of at least 4 members (excludes halogenated alkanes) is 15. The number of hydrogen-bond acceptors (Lipinski definition) is 6. The second kappa shape index (κ2) is 17.3. The summed E-state index contributed by atoms with van der Waals surface area (Å²) in [6.45, 7) is 2.96. The zero-order chi connectivity index (χ0) is 29.8. The molecule has 5 rings (SSSR count). The summed E-state index contributed by atoms with van der Waals surface area (Å²) in [6.07, 6.45) is 29.4. The Morgan fingerprint density at radius 1 is 0.558 bits per heavy atom. The zero-order valence-electron chi connectivity index (χ0n) is 27.4. The lowest BCUT2D eigenvalue weighted by Crippen LogP contribution is -2.59. The largest absolute Gasteiger partial charge is 0.354 e. The third-order valence-electron chi connectivity index (χ3n) is 10.7. The predicted octanol–water partition coefficient (Wildman–Crippen LogP) is 8.61. The number of amides is 1. The van der Waals surface area contributed by atoms with Gasteiger partial charge < -0.3 is 29.0 Å². The maximum absolute atomic E-state index is 13.5. The van der Waals surface area contributed by atoms with Gasteiger partial charge in [-0.2, -0.15) is 0 Å². The van der Waals surface area contributed by atoms with Crippen LogP contribution in [0, 0.1) is 0 Å². The fourth-order valence-electron chi connectivity index (χ4n) is 8.15. The first-order valence-electron chi connectivity index (χ1n) is 18.8. The van der Waals surface area contributed by atoms with Gasteiger partial charge in [0.05, 0.1) is 0 Å². The smallest absolute Gasteiger partial charge is 0.252 e. The van der Waals surface area contributed by atoms with E-state index in [0.29, 0.717) is 6.54 Å². The van der Waals surface area contributed by atoms with Crippen LogP contribution in [0.5, 0.6) is 0 Å². The third-order valence-corrected chi connectivity index (χ3v) is 10.7. The molecular formula is C36H63NO6. The van der Waals surface area contributed by atoms with Gasteiger partial charge in [0.2, 0.25) is 0 Å². The molecule has 0 bridgehead atoms. The van der Waals surface area contributed by atoms with Crippen molar-refractivity contribution in [1.29, 1.82) is 0 Å². The highest BCUT2D eigenvalue weighted by molar-refractivity contribution is 5.81. The lowest BCUT2D eigenvalue weighted by Gasteiger charge is -2.36. The maximum atomic E-state index is 13.5. The molecule has 3 aliphatic heterocycles. The second-order valence-corrected chi connectivity index (χ2v) is 14.3. The Morgan fingerprint density at radius 3 is 1.53 bits per heavy atom. The van der Waals surface area contributed by atoms with E-state index in [-0.39, 0.29) is 18.1 Å². The monoisotopic (exact) mass is 605 g/mol. The molecule has 1 amide bonds. The summed E-state index contributed by atoms with van der Waals surface area (Å²) in [5.41, 5.74) is 0. The highest BCUT2D eigenvalue weighted by Crippen LogP contribution is 2.50. The molecule has 2 aliphatic carbocycles. The van der Waals surface area contributed by atoms with Gasteiger partial charge in [-0.3, -0.25) is 4.79 Å². The van der Waals surface area contributed by atoms with Crippen LogP contribution in [0.2, 0.25) is 0 Å². The molecule has 2 saturated carbocycles. The Kier molecular flexibility index (Phi) is 13.5. The van der Waals surface area contributed by atoms with E-state index in [0.717, 1.165) is 64.2 Å². The number of nitrogens with one attached hydrogen (secondary N) is 1. The van der Waals surface area contributed by atoms with Crippen molar-refractivity contribution < 1.29 is 28.5 Å². The van der Waals surface area contributed by atoms with Crippen LogP contribution in [0.15, 0.2) is 0 Å². The van der Waals surface area contributed by atoms with Gasteiger partial charge >= 0.3 is 0 Å². The zero-order valence-corrected chi connectivity index (χ0v) is 27.4. The highest BCUT2D eigenvalue weighted by Gasteiger charge is 2.65. The number of carbonyl (C=O) groups excluding carboxylic acids is 1. The Bertz CT molecular complexity index is 810. The highest BCUT2D eigenvalue weighted by atomic mass is 16.9. The predicted molar refractivity (Wildman–Crippen MR) is 169 cm³/mol. The van der Waals surface area contributed by atoms with Crippen LogP contribution in [0.3, 0.4) is 0 Å². The lowest BCUT2D eigenvalue weighted by atomic mass is 9.94. The molecule has 3 saturated heterocycles. The van der Waals surface area contributed by atoms with Gasteiger partial charge in [-0.05, 0) is 32.1 Å².